The predicted octanol–water partition coefficient (Wildman–Crippen LogP) is 2.28. The van der Waals surface area contributed by atoms with Crippen LogP contribution in [0.2, 0.25) is 0 Å². The number of rotatable bonds is 5. The minimum absolute atomic E-state index is 0.100. The summed E-state index contributed by atoms with van der Waals surface area (Å²) in [4.78, 5) is 2.11. The van der Waals surface area contributed by atoms with Gasteiger partial charge in [-0.1, -0.05) is 35.4 Å². The van der Waals surface area contributed by atoms with Gasteiger partial charge in [-0.15, -0.1) is 0 Å². The topological polar surface area (TPSA) is 76.3 Å². The molecule has 1 aromatic carbocycles. The van der Waals surface area contributed by atoms with Crippen LogP contribution in [0, 0.1) is 0 Å². The average molecular weight is 371 g/mol. The first-order valence-electron chi connectivity index (χ1n) is 9.98. The van der Waals surface area contributed by atoms with Gasteiger partial charge in [0.05, 0.1) is 24.9 Å². The van der Waals surface area contributed by atoms with E-state index in [0.29, 0.717) is 24.9 Å². The number of nitrogens with zero attached hydrogens (tertiary/aromatic N) is 5. The van der Waals surface area contributed by atoms with E-state index in [1.54, 1.807) is 4.68 Å². The maximum Gasteiger partial charge on any atom is 0.245 e. The quantitative estimate of drug-likeness (QED) is 0.869. The van der Waals surface area contributed by atoms with Crippen molar-refractivity contribution in [3.8, 4) is 0 Å². The Morgan fingerprint density at radius 1 is 1.15 bits per heavy atom. The lowest BCUT2D eigenvalue weighted by molar-refractivity contribution is 0.00112. The Morgan fingerprint density at radius 3 is 2.56 bits per heavy atom. The molecule has 1 saturated carbocycles. The Labute approximate surface area is 160 Å². The van der Waals surface area contributed by atoms with Crippen molar-refractivity contribution in [2.45, 2.75) is 69.2 Å². The normalized spacial score (nSPS) is 31.4. The summed E-state index contributed by atoms with van der Waals surface area (Å²) in [6, 6.07) is 10.9. The van der Waals surface area contributed by atoms with E-state index in [1.165, 1.54) is 5.56 Å². The standard InChI is InChI=1S/C20H29N5O2/c1-14-12-19(26)18(25(14)20-21-22-23-24(20)2)13-27-17-10-8-16(9-11-17)15-6-4-3-5-7-15/h3-7,14,16-19,26H,8-13H2,1-2H3/t14-,16?,17?,18+,19?/m1/s1. The number of aromatic nitrogens is 4. The first-order chi connectivity index (χ1) is 13.1. The van der Waals surface area contributed by atoms with E-state index in [2.05, 4.69) is 57.7 Å². The number of ether oxygens (including phenoxy) is 1. The molecule has 2 heterocycles. The molecule has 7 heteroatoms. The number of anilines is 1. The largest absolute Gasteiger partial charge is 0.391 e. The second-order valence-electron chi connectivity index (χ2n) is 7.95. The molecular formula is C20H29N5O2. The summed E-state index contributed by atoms with van der Waals surface area (Å²) >= 11 is 0. The van der Waals surface area contributed by atoms with Crippen molar-refractivity contribution in [2.75, 3.05) is 11.5 Å². The van der Waals surface area contributed by atoms with Gasteiger partial charge < -0.3 is 14.7 Å². The average Bonchev–Trinajstić information content (AvgIpc) is 3.22. The molecule has 146 valence electrons. The van der Waals surface area contributed by atoms with E-state index < -0.39 is 6.10 Å². The number of aliphatic hydroxyl groups excluding tert-OH is 1. The lowest BCUT2D eigenvalue weighted by atomic mass is 9.83. The molecule has 2 aliphatic rings. The van der Waals surface area contributed by atoms with Gasteiger partial charge in [-0.05, 0) is 60.9 Å². The van der Waals surface area contributed by atoms with Crippen LogP contribution in [0.15, 0.2) is 30.3 Å². The number of aryl methyl sites for hydroxylation is 1. The highest BCUT2D eigenvalue weighted by Crippen LogP contribution is 2.35. The maximum atomic E-state index is 10.5. The van der Waals surface area contributed by atoms with Gasteiger partial charge in [0, 0.05) is 13.1 Å². The first kappa shape index (κ1) is 18.4. The fourth-order valence-electron chi connectivity index (χ4n) is 4.64. The van der Waals surface area contributed by atoms with Gasteiger partial charge in [0.15, 0.2) is 0 Å². The monoisotopic (exact) mass is 371 g/mol. The lowest BCUT2D eigenvalue weighted by Gasteiger charge is -2.33. The third-order valence-corrected chi connectivity index (χ3v) is 6.14. The molecule has 1 aliphatic carbocycles. The number of aliphatic hydroxyl groups is 1. The molecule has 7 nitrogen and oxygen atoms in total. The number of hydrogen-bond donors (Lipinski definition) is 1. The van der Waals surface area contributed by atoms with Gasteiger partial charge in [0.2, 0.25) is 5.95 Å². The number of benzene rings is 1. The minimum atomic E-state index is -0.419. The van der Waals surface area contributed by atoms with Gasteiger partial charge >= 0.3 is 0 Å². The molecular weight excluding hydrogens is 342 g/mol. The molecule has 27 heavy (non-hydrogen) atoms. The fourth-order valence-corrected chi connectivity index (χ4v) is 4.64. The molecule has 0 bridgehead atoms. The van der Waals surface area contributed by atoms with Crippen molar-refractivity contribution < 1.29 is 9.84 Å². The Kier molecular flexibility index (Phi) is 5.41. The van der Waals surface area contributed by atoms with E-state index in [-0.39, 0.29) is 18.2 Å². The van der Waals surface area contributed by atoms with E-state index in [1.807, 2.05) is 7.05 Å². The van der Waals surface area contributed by atoms with Crippen LogP contribution in [0.5, 0.6) is 0 Å². The Bertz CT molecular complexity index is 729. The third-order valence-electron chi connectivity index (χ3n) is 6.14. The van der Waals surface area contributed by atoms with Crippen molar-refractivity contribution in [1.29, 1.82) is 0 Å². The van der Waals surface area contributed by atoms with Crippen molar-refractivity contribution in [1.82, 2.24) is 20.2 Å². The van der Waals surface area contributed by atoms with E-state index in [4.69, 9.17) is 4.74 Å². The first-order valence-corrected chi connectivity index (χ1v) is 9.98. The van der Waals surface area contributed by atoms with E-state index in [0.717, 1.165) is 25.7 Å². The van der Waals surface area contributed by atoms with Crippen LogP contribution in [0.1, 0.15) is 50.5 Å². The molecule has 2 aromatic rings. The molecule has 0 spiro atoms. The highest BCUT2D eigenvalue weighted by atomic mass is 16.5. The molecule has 1 aliphatic heterocycles. The van der Waals surface area contributed by atoms with Crippen LogP contribution in [0.4, 0.5) is 5.95 Å². The van der Waals surface area contributed by atoms with Gasteiger partial charge in [-0.2, -0.15) is 0 Å². The molecule has 3 atom stereocenters. The maximum absolute atomic E-state index is 10.5. The molecule has 2 fully saturated rings. The van der Waals surface area contributed by atoms with Gasteiger partial charge in [0.25, 0.3) is 0 Å². The minimum Gasteiger partial charge on any atom is -0.391 e. The van der Waals surface area contributed by atoms with Gasteiger partial charge in [-0.3, -0.25) is 0 Å². The SMILES string of the molecule is C[C@@H]1CC(O)[C@H](COC2CCC(c3ccccc3)CC2)N1c1nnnn1C. The summed E-state index contributed by atoms with van der Waals surface area (Å²) in [7, 11) is 1.83. The molecule has 1 unspecified atom stereocenters. The van der Waals surface area contributed by atoms with Crippen LogP contribution in [-0.4, -0.2) is 56.2 Å². The molecule has 1 aromatic heterocycles. The zero-order chi connectivity index (χ0) is 18.8. The summed E-state index contributed by atoms with van der Waals surface area (Å²) in [5.41, 5.74) is 1.44. The zero-order valence-electron chi connectivity index (χ0n) is 16.1. The highest BCUT2D eigenvalue weighted by Gasteiger charge is 2.41. The number of hydrogen-bond acceptors (Lipinski definition) is 6. The molecule has 0 amide bonds. The number of tetrazole rings is 1. The summed E-state index contributed by atoms with van der Waals surface area (Å²) < 4.78 is 7.92. The summed E-state index contributed by atoms with van der Waals surface area (Å²) in [5.74, 6) is 1.34. The predicted molar refractivity (Wildman–Crippen MR) is 103 cm³/mol. The van der Waals surface area contributed by atoms with Crippen LogP contribution in [-0.2, 0) is 11.8 Å². The van der Waals surface area contributed by atoms with Gasteiger partial charge in [0.1, 0.15) is 0 Å². The van der Waals surface area contributed by atoms with Crippen LogP contribution >= 0.6 is 0 Å². The smallest absolute Gasteiger partial charge is 0.245 e. The lowest BCUT2D eigenvalue weighted by Crippen LogP contribution is -2.44. The van der Waals surface area contributed by atoms with Crippen molar-refractivity contribution in [2.24, 2.45) is 7.05 Å². The second-order valence-corrected chi connectivity index (χ2v) is 7.95. The summed E-state index contributed by atoms with van der Waals surface area (Å²) in [6.07, 6.45) is 5.03. The Morgan fingerprint density at radius 2 is 1.89 bits per heavy atom. The van der Waals surface area contributed by atoms with Crippen molar-refractivity contribution in [3.63, 3.8) is 0 Å². The van der Waals surface area contributed by atoms with Crippen LogP contribution < -0.4 is 4.90 Å². The van der Waals surface area contributed by atoms with Crippen molar-refractivity contribution >= 4 is 5.95 Å². The zero-order valence-corrected chi connectivity index (χ0v) is 16.1. The van der Waals surface area contributed by atoms with Crippen molar-refractivity contribution in [3.05, 3.63) is 35.9 Å². The third kappa shape index (κ3) is 3.84. The fraction of sp³-hybridized carbons (Fsp3) is 0.650. The summed E-state index contributed by atoms with van der Waals surface area (Å²) in [5, 5.41) is 22.4. The Hall–Kier alpha value is -1.99. The molecule has 4 rings (SSSR count). The van der Waals surface area contributed by atoms with E-state index >= 15 is 0 Å². The van der Waals surface area contributed by atoms with Crippen LogP contribution in [0.3, 0.4) is 0 Å². The molecule has 1 saturated heterocycles. The van der Waals surface area contributed by atoms with Crippen LogP contribution in [0.25, 0.3) is 0 Å². The Balaban J connectivity index is 1.34. The second kappa shape index (κ2) is 7.94. The molecule has 0 radical (unpaired) electrons. The van der Waals surface area contributed by atoms with E-state index in [9.17, 15) is 5.11 Å². The van der Waals surface area contributed by atoms with Gasteiger partial charge in [-0.25, -0.2) is 4.68 Å². The molecule has 1 N–H and O–H groups in total. The summed E-state index contributed by atoms with van der Waals surface area (Å²) in [6.45, 7) is 2.61. The highest BCUT2D eigenvalue weighted by molar-refractivity contribution is 5.35.